The average Bonchev–Trinajstić information content (AvgIpc) is 2.22. The molecule has 0 radical (unpaired) electrons. The zero-order valence-corrected chi connectivity index (χ0v) is 11.8. The van der Waals surface area contributed by atoms with Gasteiger partial charge in [0.15, 0.2) is 0 Å². The molecule has 0 heterocycles. The lowest BCUT2D eigenvalue weighted by Gasteiger charge is -2.51. The van der Waals surface area contributed by atoms with Gasteiger partial charge in [-0.3, -0.25) is 0 Å². The van der Waals surface area contributed by atoms with Crippen LogP contribution in [-0.4, -0.2) is 19.2 Å². The van der Waals surface area contributed by atoms with Gasteiger partial charge in [-0.25, -0.2) is 0 Å². The molecule has 1 aliphatic rings. The largest absolute Gasteiger partial charge is 0.490 e. The van der Waals surface area contributed by atoms with Crippen LogP contribution in [0.3, 0.4) is 0 Å². The van der Waals surface area contributed by atoms with Gasteiger partial charge in [-0.2, -0.15) is 0 Å². The molecule has 0 aliphatic heterocycles. The van der Waals surface area contributed by atoms with E-state index in [0.29, 0.717) is 16.1 Å². The first kappa shape index (κ1) is 13.0. The van der Waals surface area contributed by atoms with E-state index in [2.05, 4.69) is 19.2 Å². The quantitative estimate of drug-likeness (QED) is 0.906. The number of halogens is 2. The van der Waals surface area contributed by atoms with Crippen molar-refractivity contribution in [1.82, 2.24) is 5.32 Å². The molecule has 2 atom stereocenters. The Morgan fingerprint density at radius 1 is 1.24 bits per heavy atom. The summed E-state index contributed by atoms with van der Waals surface area (Å²) in [6, 6.07) is 5.81. The van der Waals surface area contributed by atoms with E-state index >= 15 is 0 Å². The van der Waals surface area contributed by atoms with E-state index < -0.39 is 0 Å². The Hall–Kier alpha value is -0.440. The molecule has 1 aliphatic carbocycles. The lowest BCUT2D eigenvalue weighted by Crippen LogP contribution is -2.61. The Labute approximate surface area is 112 Å². The molecule has 94 valence electrons. The maximum absolute atomic E-state index is 5.95. The fourth-order valence-electron chi connectivity index (χ4n) is 2.34. The second-order valence-electron chi connectivity index (χ2n) is 5.11. The van der Waals surface area contributed by atoms with Crippen molar-refractivity contribution in [2.24, 2.45) is 5.41 Å². The van der Waals surface area contributed by atoms with Gasteiger partial charge in [0.05, 0.1) is 0 Å². The van der Waals surface area contributed by atoms with Gasteiger partial charge in [-0.1, -0.05) is 37.0 Å². The van der Waals surface area contributed by atoms with E-state index in [-0.39, 0.29) is 11.5 Å². The minimum atomic E-state index is 0.129. The Kier molecular flexibility index (Phi) is 3.58. The highest BCUT2D eigenvalue weighted by atomic mass is 35.5. The number of rotatable bonds is 3. The average molecular weight is 274 g/mol. The highest BCUT2D eigenvalue weighted by Gasteiger charge is 2.49. The first-order valence-electron chi connectivity index (χ1n) is 5.73. The van der Waals surface area contributed by atoms with Gasteiger partial charge < -0.3 is 10.1 Å². The van der Waals surface area contributed by atoms with Gasteiger partial charge in [0, 0.05) is 27.9 Å². The summed E-state index contributed by atoms with van der Waals surface area (Å²) in [6.07, 6.45) is 1.21. The topological polar surface area (TPSA) is 21.3 Å². The molecular weight excluding hydrogens is 257 g/mol. The summed E-state index contributed by atoms with van der Waals surface area (Å²) in [5, 5.41) is 4.51. The minimum Gasteiger partial charge on any atom is -0.490 e. The van der Waals surface area contributed by atoms with Crippen LogP contribution in [0.25, 0.3) is 0 Å². The Morgan fingerprint density at radius 2 is 1.82 bits per heavy atom. The van der Waals surface area contributed by atoms with Crippen molar-refractivity contribution >= 4 is 23.2 Å². The molecule has 1 aromatic carbocycles. The highest BCUT2D eigenvalue weighted by Crippen LogP contribution is 2.43. The molecular formula is C13H17Cl2NO. The van der Waals surface area contributed by atoms with Crippen LogP contribution in [0.4, 0.5) is 0 Å². The van der Waals surface area contributed by atoms with Crippen LogP contribution in [0.15, 0.2) is 18.2 Å². The van der Waals surface area contributed by atoms with Gasteiger partial charge in [-0.05, 0) is 25.2 Å². The zero-order chi connectivity index (χ0) is 12.6. The van der Waals surface area contributed by atoms with E-state index in [9.17, 15) is 0 Å². The molecule has 0 saturated heterocycles. The summed E-state index contributed by atoms with van der Waals surface area (Å²) in [5.41, 5.74) is 0.129. The lowest BCUT2D eigenvalue weighted by molar-refractivity contribution is -0.0520. The Morgan fingerprint density at radius 3 is 2.29 bits per heavy atom. The lowest BCUT2D eigenvalue weighted by atomic mass is 9.64. The molecule has 1 fully saturated rings. The molecule has 1 aromatic rings. The molecule has 1 saturated carbocycles. The van der Waals surface area contributed by atoms with Gasteiger partial charge in [-0.15, -0.1) is 0 Å². The molecule has 0 amide bonds. The third kappa shape index (κ3) is 2.54. The number of ether oxygens (including phenoxy) is 1. The third-order valence-corrected chi connectivity index (χ3v) is 4.08. The molecule has 2 unspecified atom stereocenters. The van der Waals surface area contributed by atoms with Crippen LogP contribution in [0.2, 0.25) is 10.0 Å². The van der Waals surface area contributed by atoms with Crippen LogP contribution in [0.1, 0.15) is 20.3 Å². The monoisotopic (exact) mass is 273 g/mol. The van der Waals surface area contributed by atoms with Gasteiger partial charge in [0.2, 0.25) is 0 Å². The summed E-state index contributed by atoms with van der Waals surface area (Å²) in [7, 11) is 1.99. The summed E-state index contributed by atoms with van der Waals surface area (Å²) in [6.45, 7) is 4.41. The molecule has 4 heteroatoms. The number of nitrogens with one attached hydrogen (secondary N) is 1. The number of hydrogen-bond donors (Lipinski definition) is 1. The van der Waals surface area contributed by atoms with Crippen molar-refractivity contribution in [3.05, 3.63) is 28.2 Å². The maximum atomic E-state index is 5.95. The second-order valence-corrected chi connectivity index (χ2v) is 5.98. The maximum Gasteiger partial charge on any atom is 0.122 e. The predicted molar refractivity (Wildman–Crippen MR) is 72.1 cm³/mol. The van der Waals surface area contributed by atoms with Crippen LogP contribution < -0.4 is 10.1 Å². The first-order valence-corrected chi connectivity index (χ1v) is 6.49. The van der Waals surface area contributed by atoms with Crippen molar-refractivity contribution in [2.45, 2.75) is 32.4 Å². The van der Waals surface area contributed by atoms with E-state index in [1.165, 1.54) is 0 Å². The fourth-order valence-corrected chi connectivity index (χ4v) is 2.84. The van der Waals surface area contributed by atoms with E-state index in [4.69, 9.17) is 27.9 Å². The Balaban J connectivity index is 2.08. The van der Waals surface area contributed by atoms with Crippen molar-refractivity contribution in [1.29, 1.82) is 0 Å². The van der Waals surface area contributed by atoms with Crippen LogP contribution >= 0.6 is 23.2 Å². The molecule has 0 bridgehead atoms. The van der Waals surface area contributed by atoms with Crippen LogP contribution in [0, 0.1) is 5.41 Å². The molecule has 0 spiro atoms. The third-order valence-electron chi connectivity index (χ3n) is 3.64. The highest BCUT2D eigenvalue weighted by molar-refractivity contribution is 6.34. The summed E-state index contributed by atoms with van der Waals surface area (Å²) < 4.78 is 5.95. The van der Waals surface area contributed by atoms with Crippen molar-refractivity contribution in [3.8, 4) is 5.75 Å². The van der Waals surface area contributed by atoms with E-state index in [1.54, 1.807) is 18.2 Å². The number of hydrogen-bond acceptors (Lipinski definition) is 2. The summed E-state index contributed by atoms with van der Waals surface area (Å²) >= 11 is 11.9. The summed E-state index contributed by atoms with van der Waals surface area (Å²) in [4.78, 5) is 0. The van der Waals surface area contributed by atoms with Crippen molar-refractivity contribution < 1.29 is 4.74 Å². The normalized spacial score (nSPS) is 26.4. The predicted octanol–water partition coefficient (Wildman–Crippen LogP) is 3.76. The van der Waals surface area contributed by atoms with Gasteiger partial charge in [0.25, 0.3) is 0 Å². The minimum absolute atomic E-state index is 0.129. The van der Waals surface area contributed by atoms with Crippen LogP contribution in [0.5, 0.6) is 5.75 Å². The molecule has 1 N–H and O–H groups in total. The smallest absolute Gasteiger partial charge is 0.122 e. The van der Waals surface area contributed by atoms with Gasteiger partial charge in [0.1, 0.15) is 11.9 Å². The molecule has 2 nitrogen and oxygen atoms in total. The second kappa shape index (κ2) is 4.68. The molecule has 17 heavy (non-hydrogen) atoms. The first-order chi connectivity index (χ1) is 7.93. The van der Waals surface area contributed by atoms with Crippen molar-refractivity contribution in [3.63, 3.8) is 0 Å². The summed E-state index contributed by atoms with van der Waals surface area (Å²) in [5.74, 6) is 0.745. The van der Waals surface area contributed by atoms with E-state index in [1.807, 2.05) is 7.05 Å². The van der Waals surface area contributed by atoms with Gasteiger partial charge >= 0.3 is 0 Å². The van der Waals surface area contributed by atoms with Crippen LogP contribution in [-0.2, 0) is 0 Å². The number of benzene rings is 1. The Bertz CT molecular complexity index is 400. The fraction of sp³-hybridized carbons (Fsp3) is 0.538. The molecule has 2 rings (SSSR count). The van der Waals surface area contributed by atoms with Crippen molar-refractivity contribution in [2.75, 3.05) is 7.05 Å². The van der Waals surface area contributed by atoms with E-state index in [0.717, 1.165) is 12.2 Å². The standard InChI is InChI=1S/C13H17Cl2NO/c1-13(2)11(16-3)7-12(13)17-10-5-8(14)4-9(15)6-10/h4-6,11-12,16H,7H2,1-3H3. The SMILES string of the molecule is CNC1CC(Oc2cc(Cl)cc(Cl)c2)C1(C)C. The molecule has 0 aromatic heterocycles. The zero-order valence-electron chi connectivity index (χ0n) is 10.3.